The number of hydrogen-bond acceptors (Lipinski definition) is 4. The van der Waals surface area contributed by atoms with Crippen LogP contribution in [0.5, 0.6) is 0 Å². The summed E-state index contributed by atoms with van der Waals surface area (Å²) in [6, 6.07) is 2.34. The highest BCUT2D eigenvalue weighted by Crippen LogP contribution is 2.28. The van der Waals surface area contributed by atoms with Crippen molar-refractivity contribution in [3.8, 4) is 0 Å². The molecule has 0 radical (unpaired) electrons. The molecule has 0 saturated heterocycles. The fourth-order valence-corrected chi connectivity index (χ4v) is 1.88. The van der Waals surface area contributed by atoms with Crippen molar-refractivity contribution in [2.75, 3.05) is 44.7 Å². The van der Waals surface area contributed by atoms with E-state index < -0.39 is 11.7 Å². The van der Waals surface area contributed by atoms with Crippen molar-refractivity contribution >= 4 is 35.8 Å². The molecule has 0 spiro atoms. The molecule has 3 N–H and O–H groups in total. The molecule has 0 aliphatic heterocycles. The lowest BCUT2D eigenvalue weighted by Crippen LogP contribution is -2.39. The zero-order chi connectivity index (χ0) is 18.5. The number of nitrogens with one attached hydrogen (secondary N) is 3. The minimum absolute atomic E-state index is 0. The monoisotopic (exact) mass is 489 g/mol. The Hall–Kier alpha value is -1.30. The van der Waals surface area contributed by atoms with Crippen LogP contribution in [0.1, 0.15) is 25.8 Å². The van der Waals surface area contributed by atoms with Crippen LogP contribution in [-0.4, -0.2) is 50.3 Å². The summed E-state index contributed by atoms with van der Waals surface area (Å²) in [5.74, 6) is 1.13. The number of guanidine groups is 1. The Labute approximate surface area is 169 Å². The molecule has 10 heteroatoms. The summed E-state index contributed by atoms with van der Waals surface area (Å²) in [6.45, 7) is 7.80. The Bertz CT molecular complexity index is 512. The largest absolute Gasteiger partial charge is 0.417 e. The topological polar surface area (TPSA) is 70.6 Å². The summed E-state index contributed by atoms with van der Waals surface area (Å²) in [6.07, 6.45) is -2.81. The molecule has 1 rings (SSSR count). The van der Waals surface area contributed by atoms with Gasteiger partial charge >= 0.3 is 6.18 Å². The van der Waals surface area contributed by atoms with E-state index in [0.717, 1.165) is 31.2 Å². The second kappa shape index (κ2) is 13.8. The first-order chi connectivity index (χ1) is 12.0. The van der Waals surface area contributed by atoms with Crippen molar-refractivity contribution in [1.82, 2.24) is 15.6 Å². The molecule has 0 aliphatic carbocycles. The van der Waals surface area contributed by atoms with E-state index in [2.05, 4.69) is 25.9 Å². The molecule has 26 heavy (non-hydrogen) atoms. The van der Waals surface area contributed by atoms with E-state index in [1.54, 1.807) is 0 Å². The van der Waals surface area contributed by atoms with E-state index in [4.69, 9.17) is 4.74 Å². The van der Waals surface area contributed by atoms with Crippen molar-refractivity contribution in [1.29, 1.82) is 0 Å². The van der Waals surface area contributed by atoms with E-state index in [9.17, 15) is 13.2 Å². The molecular weight excluding hydrogens is 462 g/mol. The van der Waals surface area contributed by atoms with Gasteiger partial charge in [0.1, 0.15) is 5.82 Å². The van der Waals surface area contributed by atoms with Gasteiger partial charge in [-0.25, -0.2) is 4.98 Å². The summed E-state index contributed by atoms with van der Waals surface area (Å²) in [5.41, 5.74) is -0.754. The van der Waals surface area contributed by atoms with Crippen LogP contribution in [0.4, 0.5) is 19.0 Å². The Kier molecular flexibility index (Phi) is 13.2. The number of anilines is 1. The fraction of sp³-hybridized carbons (Fsp3) is 0.625. The van der Waals surface area contributed by atoms with Gasteiger partial charge in [-0.2, -0.15) is 13.2 Å². The number of hydrogen-bond donors (Lipinski definition) is 3. The highest BCUT2D eigenvalue weighted by atomic mass is 127. The van der Waals surface area contributed by atoms with Crippen LogP contribution >= 0.6 is 24.0 Å². The van der Waals surface area contributed by atoms with Gasteiger partial charge in [-0.15, -0.1) is 24.0 Å². The Morgan fingerprint density at radius 3 is 2.54 bits per heavy atom. The molecule has 6 nitrogen and oxygen atoms in total. The third-order valence-electron chi connectivity index (χ3n) is 3.09. The van der Waals surface area contributed by atoms with Gasteiger partial charge in [0.25, 0.3) is 0 Å². The number of pyridine rings is 1. The highest BCUT2D eigenvalue weighted by Gasteiger charge is 2.30. The highest BCUT2D eigenvalue weighted by molar-refractivity contribution is 14.0. The van der Waals surface area contributed by atoms with Crippen LogP contribution in [0, 0.1) is 0 Å². The van der Waals surface area contributed by atoms with Crippen molar-refractivity contribution in [3.05, 3.63) is 23.9 Å². The maximum Gasteiger partial charge on any atom is 0.417 e. The zero-order valence-electron chi connectivity index (χ0n) is 15.0. The first kappa shape index (κ1) is 24.7. The van der Waals surface area contributed by atoms with Crippen LogP contribution in [-0.2, 0) is 10.9 Å². The van der Waals surface area contributed by atoms with Gasteiger partial charge in [0.2, 0.25) is 0 Å². The molecule has 0 bridgehead atoms. The Morgan fingerprint density at radius 2 is 1.96 bits per heavy atom. The third-order valence-corrected chi connectivity index (χ3v) is 3.09. The fourth-order valence-electron chi connectivity index (χ4n) is 1.88. The minimum Gasteiger partial charge on any atom is -0.380 e. The maximum absolute atomic E-state index is 12.4. The van der Waals surface area contributed by atoms with E-state index >= 15 is 0 Å². The average molecular weight is 489 g/mol. The summed E-state index contributed by atoms with van der Waals surface area (Å²) in [4.78, 5) is 8.18. The number of rotatable bonds is 10. The number of nitrogens with zero attached hydrogens (tertiary/aromatic N) is 2. The zero-order valence-corrected chi connectivity index (χ0v) is 17.4. The Morgan fingerprint density at radius 1 is 1.19 bits per heavy atom. The molecule has 0 fully saturated rings. The molecule has 1 aromatic rings. The molecular formula is C16H27F3IN5O. The predicted octanol–water partition coefficient (Wildman–Crippen LogP) is 3.11. The number of alkyl halides is 3. The van der Waals surface area contributed by atoms with Crippen LogP contribution in [0.3, 0.4) is 0 Å². The standard InChI is InChI=1S/C16H26F3N5O.HI/c1-3-20-15(23-10-11-25-4-2)22-9-5-8-21-14-7-6-13(12-24-14)16(17,18)19;/h6-7,12H,3-5,8-11H2,1-2H3,(H,21,24)(H2,20,22,23);1H. The van der Waals surface area contributed by atoms with E-state index in [1.807, 2.05) is 13.8 Å². The lowest BCUT2D eigenvalue weighted by atomic mass is 10.3. The van der Waals surface area contributed by atoms with E-state index in [1.165, 1.54) is 6.07 Å². The van der Waals surface area contributed by atoms with Gasteiger partial charge < -0.3 is 20.7 Å². The summed E-state index contributed by atoms with van der Waals surface area (Å²) in [5, 5.41) is 9.27. The molecule has 1 aromatic heterocycles. The maximum atomic E-state index is 12.4. The SMILES string of the molecule is CCNC(=NCCCNc1ccc(C(F)(F)F)cn1)NCCOCC.I. The van der Waals surface area contributed by atoms with Crippen molar-refractivity contribution in [3.63, 3.8) is 0 Å². The van der Waals surface area contributed by atoms with Gasteiger partial charge in [-0.1, -0.05) is 0 Å². The molecule has 0 atom stereocenters. The average Bonchev–Trinajstić information content (AvgIpc) is 2.58. The first-order valence-electron chi connectivity index (χ1n) is 8.34. The van der Waals surface area contributed by atoms with Gasteiger partial charge in [0.05, 0.1) is 12.2 Å². The van der Waals surface area contributed by atoms with E-state index in [0.29, 0.717) is 38.7 Å². The van der Waals surface area contributed by atoms with Crippen molar-refractivity contribution in [2.45, 2.75) is 26.4 Å². The Balaban J connectivity index is 0.00000625. The van der Waals surface area contributed by atoms with Gasteiger partial charge in [-0.3, -0.25) is 4.99 Å². The second-order valence-corrected chi connectivity index (χ2v) is 5.09. The molecule has 0 amide bonds. The molecule has 1 heterocycles. The van der Waals surface area contributed by atoms with Crippen LogP contribution in [0.25, 0.3) is 0 Å². The quantitative estimate of drug-likeness (QED) is 0.204. The van der Waals surface area contributed by atoms with Crippen LogP contribution < -0.4 is 16.0 Å². The predicted molar refractivity (Wildman–Crippen MR) is 108 cm³/mol. The number of ether oxygens (including phenoxy) is 1. The first-order valence-corrected chi connectivity index (χ1v) is 8.34. The molecule has 150 valence electrons. The summed E-state index contributed by atoms with van der Waals surface area (Å²) in [7, 11) is 0. The summed E-state index contributed by atoms with van der Waals surface area (Å²) < 4.78 is 42.6. The van der Waals surface area contributed by atoms with Crippen molar-refractivity contribution in [2.24, 2.45) is 4.99 Å². The third kappa shape index (κ3) is 10.6. The lowest BCUT2D eigenvalue weighted by Gasteiger charge is -2.11. The van der Waals surface area contributed by atoms with Gasteiger partial charge in [0.15, 0.2) is 5.96 Å². The van der Waals surface area contributed by atoms with E-state index in [-0.39, 0.29) is 24.0 Å². The van der Waals surface area contributed by atoms with Crippen LogP contribution in [0.2, 0.25) is 0 Å². The van der Waals surface area contributed by atoms with Gasteiger partial charge in [0, 0.05) is 39.0 Å². The number of halogens is 4. The normalized spacial score (nSPS) is 11.7. The molecule has 0 aliphatic rings. The molecule has 0 saturated carbocycles. The second-order valence-electron chi connectivity index (χ2n) is 5.09. The number of aliphatic imine (C=N–C) groups is 1. The summed E-state index contributed by atoms with van der Waals surface area (Å²) >= 11 is 0. The lowest BCUT2D eigenvalue weighted by molar-refractivity contribution is -0.137. The smallest absolute Gasteiger partial charge is 0.380 e. The minimum atomic E-state index is -4.36. The van der Waals surface area contributed by atoms with Crippen molar-refractivity contribution < 1.29 is 17.9 Å². The van der Waals surface area contributed by atoms with Gasteiger partial charge in [-0.05, 0) is 32.4 Å². The molecule has 0 unspecified atom stereocenters. The molecule has 0 aromatic carbocycles. The van der Waals surface area contributed by atoms with Crippen LogP contribution in [0.15, 0.2) is 23.3 Å². The number of aromatic nitrogens is 1.